The third-order valence-corrected chi connectivity index (χ3v) is 2.89. The highest BCUT2D eigenvalue weighted by Crippen LogP contribution is 2.34. The maximum atomic E-state index is 11.0. The largest absolute Gasteiger partial charge is 0.356 e. The summed E-state index contributed by atoms with van der Waals surface area (Å²) >= 11 is 0. The Morgan fingerprint density at radius 3 is 2.91 bits per heavy atom. The normalized spacial score (nSPS) is 43.4. The summed E-state index contributed by atoms with van der Waals surface area (Å²) in [6, 6.07) is 0.345. The smallest absolute Gasteiger partial charge is 0.220 e. The molecule has 3 atom stereocenters. The topological polar surface area (TPSA) is 55.1 Å². The van der Waals surface area contributed by atoms with E-state index >= 15 is 0 Å². The molecule has 1 saturated carbocycles. The summed E-state index contributed by atoms with van der Waals surface area (Å²) < 4.78 is 0. The lowest BCUT2D eigenvalue weighted by atomic mass is 9.89. The summed E-state index contributed by atoms with van der Waals surface area (Å²) in [6.07, 6.45) is 2.86. The van der Waals surface area contributed by atoms with E-state index in [9.17, 15) is 4.79 Å². The highest BCUT2D eigenvalue weighted by atomic mass is 16.1. The zero-order chi connectivity index (χ0) is 7.84. The fourth-order valence-electron chi connectivity index (χ4n) is 2.31. The van der Waals surface area contributed by atoms with Crippen LogP contribution >= 0.6 is 0 Å². The summed E-state index contributed by atoms with van der Waals surface area (Å²) in [5.41, 5.74) is 5.80. The molecule has 3 unspecified atom stereocenters. The van der Waals surface area contributed by atoms with E-state index in [0.29, 0.717) is 24.3 Å². The van der Waals surface area contributed by atoms with E-state index in [1.807, 2.05) is 0 Å². The molecule has 0 aromatic carbocycles. The Balaban J connectivity index is 2.02. The number of nitrogens with one attached hydrogen (secondary N) is 1. The number of hydrogen-bond acceptors (Lipinski definition) is 2. The van der Waals surface area contributed by atoms with Crippen molar-refractivity contribution in [1.82, 2.24) is 5.32 Å². The molecule has 0 aromatic rings. The second-order valence-corrected chi connectivity index (χ2v) is 3.76. The fraction of sp³-hybridized carbons (Fsp3) is 0.875. The maximum absolute atomic E-state index is 11.0. The molecule has 3 nitrogen and oxygen atoms in total. The van der Waals surface area contributed by atoms with Gasteiger partial charge in [-0.1, -0.05) is 0 Å². The molecule has 1 amide bonds. The maximum Gasteiger partial charge on any atom is 0.220 e. The number of rotatable bonds is 0. The number of carbonyl (C=O) groups excluding carboxylic acids is 1. The van der Waals surface area contributed by atoms with Crippen molar-refractivity contribution in [3.8, 4) is 0 Å². The number of piperidine rings is 1. The Morgan fingerprint density at radius 2 is 2.09 bits per heavy atom. The van der Waals surface area contributed by atoms with Crippen LogP contribution in [0, 0.1) is 11.8 Å². The van der Waals surface area contributed by atoms with Crippen molar-refractivity contribution in [3.05, 3.63) is 0 Å². The minimum atomic E-state index is 0.209. The second-order valence-electron chi connectivity index (χ2n) is 3.76. The number of fused-ring (bicyclic) bond motifs is 1. The van der Waals surface area contributed by atoms with Crippen LogP contribution in [0.1, 0.15) is 19.3 Å². The van der Waals surface area contributed by atoms with E-state index < -0.39 is 0 Å². The van der Waals surface area contributed by atoms with Gasteiger partial charge in [0.2, 0.25) is 5.91 Å². The Kier molecular flexibility index (Phi) is 1.60. The Hall–Kier alpha value is -0.570. The molecule has 62 valence electrons. The van der Waals surface area contributed by atoms with Crippen molar-refractivity contribution in [2.24, 2.45) is 17.6 Å². The van der Waals surface area contributed by atoms with Crippen LogP contribution in [-0.2, 0) is 4.79 Å². The van der Waals surface area contributed by atoms with Crippen LogP contribution in [0.15, 0.2) is 0 Å². The SMILES string of the molecule is NC1CC2CNC(=O)CC2C1. The zero-order valence-corrected chi connectivity index (χ0v) is 6.55. The quantitative estimate of drug-likeness (QED) is 0.510. The molecule has 0 bridgehead atoms. The predicted octanol–water partition coefficient (Wildman–Crippen LogP) is -0.140. The third kappa shape index (κ3) is 1.25. The van der Waals surface area contributed by atoms with E-state index in [0.717, 1.165) is 19.4 Å². The highest BCUT2D eigenvalue weighted by molar-refractivity contribution is 5.77. The van der Waals surface area contributed by atoms with Crippen molar-refractivity contribution < 1.29 is 4.79 Å². The lowest BCUT2D eigenvalue weighted by Gasteiger charge is -2.24. The fourth-order valence-corrected chi connectivity index (χ4v) is 2.31. The summed E-state index contributed by atoms with van der Waals surface area (Å²) in [5.74, 6) is 1.46. The van der Waals surface area contributed by atoms with Gasteiger partial charge in [0.15, 0.2) is 0 Å². The minimum absolute atomic E-state index is 0.209. The first-order valence-corrected chi connectivity index (χ1v) is 4.28. The van der Waals surface area contributed by atoms with Crippen molar-refractivity contribution in [1.29, 1.82) is 0 Å². The van der Waals surface area contributed by atoms with Gasteiger partial charge in [-0.25, -0.2) is 0 Å². The van der Waals surface area contributed by atoms with E-state index in [2.05, 4.69) is 5.32 Å². The minimum Gasteiger partial charge on any atom is -0.356 e. The standard InChI is InChI=1S/C8H14N2O/c9-7-1-5-3-8(11)10-4-6(5)2-7/h5-7H,1-4,9H2,(H,10,11). The number of nitrogens with two attached hydrogens (primary N) is 1. The van der Waals surface area contributed by atoms with E-state index in [1.54, 1.807) is 0 Å². The molecule has 0 aromatic heterocycles. The molecule has 0 radical (unpaired) electrons. The lowest BCUT2D eigenvalue weighted by Crippen LogP contribution is -2.38. The van der Waals surface area contributed by atoms with Gasteiger partial charge in [-0.3, -0.25) is 4.79 Å². The molecule has 2 aliphatic rings. The molecule has 2 fully saturated rings. The van der Waals surface area contributed by atoms with Crippen LogP contribution in [-0.4, -0.2) is 18.5 Å². The van der Waals surface area contributed by atoms with Crippen LogP contribution in [0.25, 0.3) is 0 Å². The summed E-state index contributed by atoms with van der Waals surface area (Å²) in [7, 11) is 0. The molecular formula is C8H14N2O. The molecule has 1 aliphatic heterocycles. The van der Waals surface area contributed by atoms with E-state index in [-0.39, 0.29) is 5.91 Å². The van der Waals surface area contributed by atoms with Gasteiger partial charge in [0, 0.05) is 19.0 Å². The molecule has 3 heteroatoms. The van der Waals surface area contributed by atoms with Crippen LogP contribution < -0.4 is 11.1 Å². The molecule has 2 rings (SSSR count). The van der Waals surface area contributed by atoms with E-state index in [1.165, 1.54) is 0 Å². The molecule has 11 heavy (non-hydrogen) atoms. The third-order valence-electron chi connectivity index (χ3n) is 2.89. The number of amides is 1. The number of carbonyl (C=O) groups is 1. The van der Waals surface area contributed by atoms with Gasteiger partial charge in [-0.15, -0.1) is 0 Å². The summed E-state index contributed by atoms with van der Waals surface area (Å²) in [6.45, 7) is 0.858. The van der Waals surface area contributed by atoms with Crippen LogP contribution in [0.2, 0.25) is 0 Å². The monoisotopic (exact) mass is 154 g/mol. The number of hydrogen-bond donors (Lipinski definition) is 2. The van der Waals surface area contributed by atoms with Crippen molar-refractivity contribution >= 4 is 5.91 Å². The molecule has 0 spiro atoms. The van der Waals surface area contributed by atoms with Gasteiger partial charge < -0.3 is 11.1 Å². The summed E-state index contributed by atoms with van der Waals surface area (Å²) in [5, 5.41) is 2.88. The van der Waals surface area contributed by atoms with Crippen LogP contribution in [0.4, 0.5) is 0 Å². The molecule has 1 saturated heterocycles. The van der Waals surface area contributed by atoms with Gasteiger partial charge in [0.1, 0.15) is 0 Å². The average molecular weight is 154 g/mol. The second kappa shape index (κ2) is 2.48. The van der Waals surface area contributed by atoms with Crippen molar-refractivity contribution in [2.75, 3.05) is 6.54 Å². The predicted molar refractivity (Wildman–Crippen MR) is 41.8 cm³/mol. The zero-order valence-electron chi connectivity index (χ0n) is 6.55. The Morgan fingerprint density at radius 1 is 1.36 bits per heavy atom. The first-order chi connectivity index (χ1) is 5.25. The van der Waals surface area contributed by atoms with Gasteiger partial charge in [0.05, 0.1) is 0 Å². The first kappa shape index (κ1) is 7.10. The molecular weight excluding hydrogens is 140 g/mol. The highest BCUT2D eigenvalue weighted by Gasteiger charge is 2.36. The van der Waals surface area contributed by atoms with Crippen molar-refractivity contribution in [2.45, 2.75) is 25.3 Å². The van der Waals surface area contributed by atoms with Crippen molar-refractivity contribution in [3.63, 3.8) is 0 Å². The van der Waals surface area contributed by atoms with Gasteiger partial charge in [-0.05, 0) is 24.7 Å². The Bertz CT molecular complexity index is 181. The van der Waals surface area contributed by atoms with Crippen LogP contribution in [0.3, 0.4) is 0 Å². The molecule has 1 heterocycles. The average Bonchev–Trinajstić information content (AvgIpc) is 2.27. The molecule has 3 N–H and O–H groups in total. The first-order valence-electron chi connectivity index (χ1n) is 4.28. The molecule has 1 aliphatic carbocycles. The van der Waals surface area contributed by atoms with E-state index in [4.69, 9.17) is 5.73 Å². The van der Waals surface area contributed by atoms with Gasteiger partial charge in [-0.2, -0.15) is 0 Å². The van der Waals surface area contributed by atoms with Gasteiger partial charge in [0.25, 0.3) is 0 Å². The van der Waals surface area contributed by atoms with Crippen LogP contribution in [0.5, 0.6) is 0 Å². The summed E-state index contributed by atoms with van der Waals surface area (Å²) in [4.78, 5) is 11.0. The van der Waals surface area contributed by atoms with Gasteiger partial charge >= 0.3 is 0 Å². The Labute approximate surface area is 66.3 Å². The lowest BCUT2D eigenvalue weighted by molar-refractivity contribution is -0.124.